The highest BCUT2D eigenvalue weighted by Crippen LogP contribution is 2.17. The number of anilines is 1. The van der Waals surface area contributed by atoms with E-state index in [2.05, 4.69) is 14.9 Å². The van der Waals surface area contributed by atoms with Gasteiger partial charge in [0.1, 0.15) is 0 Å². The summed E-state index contributed by atoms with van der Waals surface area (Å²) in [6.07, 6.45) is 0. The molecule has 1 aromatic heterocycles. The Morgan fingerprint density at radius 1 is 1.30 bits per heavy atom. The quantitative estimate of drug-likeness (QED) is 0.754. The van der Waals surface area contributed by atoms with Gasteiger partial charge in [-0.05, 0) is 36.2 Å². The van der Waals surface area contributed by atoms with Crippen molar-refractivity contribution in [3.05, 3.63) is 51.8 Å². The maximum absolute atomic E-state index is 12.1. The minimum Gasteiger partial charge on any atom is -0.392 e. The van der Waals surface area contributed by atoms with Gasteiger partial charge < -0.3 is 5.11 Å². The molecule has 0 spiro atoms. The lowest BCUT2D eigenvalue weighted by molar-refractivity contribution is 0.281. The Morgan fingerprint density at radius 2 is 2.05 bits per heavy atom. The first-order valence-corrected chi connectivity index (χ1v) is 7.19. The molecule has 1 aromatic carbocycles. The molecule has 0 radical (unpaired) electrons. The molecule has 0 saturated heterocycles. The Labute approximate surface area is 115 Å². The van der Waals surface area contributed by atoms with Gasteiger partial charge in [-0.2, -0.15) is 5.10 Å². The fraction of sp³-hybridized carbons (Fsp3) is 0.167. The average molecular weight is 295 g/mol. The fourth-order valence-corrected chi connectivity index (χ4v) is 2.63. The third kappa shape index (κ3) is 3.03. The number of aliphatic hydroxyl groups is 1. The molecule has 106 valence electrons. The van der Waals surface area contributed by atoms with E-state index < -0.39 is 15.6 Å². The second-order valence-electron chi connectivity index (χ2n) is 4.16. The predicted octanol–water partition coefficient (Wildman–Crippen LogP) is 0.371. The smallest absolute Gasteiger partial charge is 0.264 e. The van der Waals surface area contributed by atoms with Crippen molar-refractivity contribution in [3.8, 4) is 0 Å². The minimum absolute atomic E-state index is 0.00993. The van der Waals surface area contributed by atoms with Crippen molar-refractivity contribution >= 4 is 15.8 Å². The Bertz CT molecular complexity index is 763. The van der Waals surface area contributed by atoms with Crippen LogP contribution in [0.15, 0.2) is 40.0 Å². The first-order valence-electron chi connectivity index (χ1n) is 5.71. The third-order valence-corrected chi connectivity index (χ3v) is 4.07. The lowest BCUT2D eigenvalue weighted by Crippen LogP contribution is -2.16. The number of sulfonamides is 1. The van der Waals surface area contributed by atoms with Gasteiger partial charge in [0.25, 0.3) is 15.6 Å². The average Bonchev–Trinajstić information content (AvgIpc) is 2.41. The number of aromatic amines is 1. The molecule has 20 heavy (non-hydrogen) atoms. The molecule has 8 heteroatoms. The van der Waals surface area contributed by atoms with E-state index in [9.17, 15) is 13.2 Å². The molecule has 0 bridgehead atoms. The van der Waals surface area contributed by atoms with Crippen molar-refractivity contribution in [3.63, 3.8) is 0 Å². The molecule has 0 aliphatic rings. The molecule has 0 saturated carbocycles. The zero-order valence-electron chi connectivity index (χ0n) is 10.6. The molecule has 7 nitrogen and oxygen atoms in total. The van der Waals surface area contributed by atoms with Gasteiger partial charge in [0.15, 0.2) is 5.82 Å². The van der Waals surface area contributed by atoms with E-state index in [0.29, 0.717) is 5.56 Å². The van der Waals surface area contributed by atoms with Crippen LogP contribution in [0.3, 0.4) is 0 Å². The van der Waals surface area contributed by atoms with Crippen LogP contribution in [0, 0.1) is 6.92 Å². The van der Waals surface area contributed by atoms with Crippen molar-refractivity contribution in [1.29, 1.82) is 0 Å². The summed E-state index contributed by atoms with van der Waals surface area (Å²) in [5.41, 5.74) is 0.904. The van der Waals surface area contributed by atoms with E-state index in [1.54, 1.807) is 13.0 Å². The topological polar surface area (TPSA) is 112 Å². The first kappa shape index (κ1) is 14.2. The van der Waals surface area contributed by atoms with Crippen molar-refractivity contribution in [2.24, 2.45) is 0 Å². The van der Waals surface area contributed by atoms with Crippen LogP contribution >= 0.6 is 0 Å². The molecular weight excluding hydrogens is 282 g/mol. The van der Waals surface area contributed by atoms with Crippen molar-refractivity contribution in [2.75, 3.05) is 4.72 Å². The molecule has 0 aliphatic heterocycles. The summed E-state index contributed by atoms with van der Waals surface area (Å²) in [6, 6.07) is 6.86. The Balaban J connectivity index is 2.35. The number of benzene rings is 1. The van der Waals surface area contributed by atoms with Crippen molar-refractivity contribution in [1.82, 2.24) is 10.2 Å². The van der Waals surface area contributed by atoms with Gasteiger partial charge in [-0.25, -0.2) is 13.5 Å². The van der Waals surface area contributed by atoms with Gasteiger partial charge >= 0.3 is 0 Å². The number of nitrogens with zero attached hydrogens (tertiary/aromatic N) is 1. The second-order valence-corrected chi connectivity index (χ2v) is 5.84. The molecule has 2 rings (SSSR count). The highest BCUT2D eigenvalue weighted by molar-refractivity contribution is 7.92. The summed E-state index contributed by atoms with van der Waals surface area (Å²) in [5, 5.41) is 14.9. The summed E-state index contributed by atoms with van der Waals surface area (Å²) in [5.74, 6) is 0.00993. The molecule has 0 unspecified atom stereocenters. The maximum Gasteiger partial charge on any atom is 0.264 e. The zero-order valence-corrected chi connectivity index (χ0v) is 11.4. The number of aryl methyl sites for hydroxylation is 1. The van der Waals surface area contributed by atoms with Crippen LogP contribution in [-0.2, 0) is 16.6 Å². The Hall–Kier alpha value is -2.19. The summed E-state index contributed by atoms with van der Waals surface area (Å²) in [7, 11) is -3.82. The number of aliphatic hydroxyl groups excluding tert-OH is 1. The highest BCUT2D eigenvalue weighted by Gasteiger charge is 2.16. The van der Waals surface area contributed by atoms with Crippen LogP contribution in [-0.4, -0.2) is 23.7 Å². The summed E-state index contributed by atoms with van der Waals surface area (Å²) in [6.45, 7) is 1.53. The molecule has 0 amide bonds. The second kappa shape index (κ2) is 5.43. The van der Waals surface area contributed by atoms with Gasteiger partial charge in [0.2, 0.25) is 0 Å². The number of aromatic nitrogens is 2. The van der Waals surface area contributed by atoms with Gasteiger partial charge in [0.05, 0.1) is 11.5 Å². The van der Waals surface area contributed by atoms with E-state index in [1.165, 1.54) is 24.3 Å². The number of hydrogen-bond acceptors (Lipinski definition) is 5. The van der Waals surface area contributed by atoms with E-state index in [1.807, 2.05) is 0 Å². The third-order valence-electron chi connectivity index (χ3n) is 2.72. The van der Waals surface area contributed by atoms with Gasteiger partial charge in [-0.15, -0.1) is 0 Å². The van der Waals surface area contributed by atoms with E-state index in [4.69, 9.17) is 5.11 Å². The minimum atomic E-state index is -3.82. The number of nitrogens with one attached hydrogen (secondary N) is 2. The van der Waals surface area contributed by atoms with Crippen LogP contribution in [0.4, 0.5) is 5.82 Å². The van der Waals surface area contributed by atoms with E-state index >= 15 is 0 Å². The summed E-state index contributed by atoms with van der Waals surface area (Å²) < 4.78 is 26.5. The first-order chi connectivity index (χ1) is 9.42. The zero-order chi connectivity index (χ0) is 14.8. The van der Waals surface area contributed by atoms with Gasteiger partial charge in [-0.3, -0.25) is 9.52 Å². The molecule has 1 heterocycles. The highest BCUT2D eigenvalue weighted by atomic mass is 32.2. The SMILES string of the molecule is Cc1ccc(S(=O)(=O)Nc2ccc(=O)[nH]n2)cc1CO. The summed E-state index contributed by atoms with van der Waals surface area (Å²) in [4.78, 5) is 10.9. The van der Waals surface area contributed by atoms with Crippen LogP contribution in [0.2, 0.25) is 0 Å². The lowest BCUT2D eigenvalue weighted by Gasteiger charge is -2.09. The lowest BCUT2D eigenvalue weighted by atomic mass is 10.1. The molecule has 0 fully saturated rings. The van der Waals surface area contributed by atoms with Crippen molar-refractivity contribution < 1.29 is 13.5 Å². The molecule has 3 N–H and O–H groups in total. The Kier molecular flexibility index (Phi) is 3.86. The monoisotopic (exact) mass is 295 g/mol. The van der Waals surface area contributed by atoms with Crippen LogP contribution in [0.1, 0.15) is 11.1 Å². The van der Waals surface area contributed by atoms with Crippen molar-refractivity contribution in [2.45, 2.75) is 18.4 Å². The number of hydrogen-bond donors (Lipinski definition) is 3. The Morgan fingerprint density at radius 3 is 2.65 bits per heavy atom. The summed E-state index contributed by atoms with van der Waals surface area (Å²) >= 11 is 0. The molecule has 2 aromatic rings. The van der Waals surface area contributed by atoms with Crippen LogP contribution in [0.5, 0.6) is 0 Å². The predicted molar refractivity (Wildman–Crippen MR) is 72.8 cm³/mol. The van der Waals surface area contributed by atoms with Gasteiger partial charge in [-0.1, -0.05) is 6.07 Å². The van der Waals surface area contributed by atoms with Gasteiger partial charge in [0, 0.05) is 6.07 Å². The molecular formula is C12H13N3O4S. The molecule has 0 aliphatic carbocycles. The fourth-order valence-electron chi connectivity index (χ4n) is 1.58. The van der Waals surface area contributed by atoms with Crippen LogP contribution < -0.4 is 10.3 Å². The molecule has 0 atom stereocenters. The van der Waals surface area contributed by atoms with E-state index in [-0.39, 0.29) is 17.3 Å². The standard InChI is InChI=1S/C12H13N3O4S/c1-8-2-3-10(6-9(8)7-16)20(18,19)15-11-4-5-12(17)14-13-11/h2-6,16H,7H2,1H3,(H,13,15)(H,14,17). The normalized spacial score (nSPS) is 11.3. The number of H-pyrrole nitrogens is 1. The van der Waals surface area contributed by atoms with Crippen LogP contribution in [0.25, 0.3) is 0 Å². The largest absolute Gasteiger partial charge is 0.392 e. The maximum atomic E-state index is 12.1. The number of rotatable bonds is 4. The van der Waals surface area contributed by atoms with E-state index in [0.717, 1.165) is 5.56 Å².